The van der Waals surface area contributed by atoms with Gasteiger partial charge in [-0.25, -0.2) is 8.42 Å². The van der Waals surface area contributed by atoms with Gasteiger partial charge in [-0.1, -0.05) is 26.7 Å². The predicted octanol–water partition coefficient (Wildman–Crippen LogP) is 1.88. The maximum atomic E-state index is 12.9. The van der Waals surface area contributed by atoms with Crippen LogP contribution in [-0.4, -0.2) is 40.6 Å². The maximum Gasteiger partial charge on any atom is 0.260 e. The Bertz CT molecular complexity index is 548. The Morgan fingerprint density at radius 2 is 2.10 bits per heavy atom. The van der Waals surface area contributed by atoms with E-state index >= 15 is 0 Å². The van der Waals surface area contributed by atoms with Gasteiger partial charge in [0, 0.05) is 18.2 Å². The van der Waals surface area contributed by atoms with Crippen molar-refractivity contribution >= 4 is 10.0 Å². The van der Waals surface area contributed by atoms with Crippen LogP contribution in [0.2, 0.25) is 0 Å². The molecule has 2 N–H and O–H groups in total. The Kier molecular flexibility index (Phi) is 5.40. The third kappa shape index (κ3) is 3.64. The highest BCUT2D eigenvalue weighted by Gasteiger charge is 2.35. The van der Waals surface area contributed by atoms with E-state index in [1.54, 1.807) is 4.31 Å². The van der Waals surface area contributed by atoms with Crippen molar-refractivity contribution in [2.24, 2.45) is 5.92 Å². The second-order valence-electron chi connectivity index (χ2n) is 6.12. The van der Waals surface area contributed by atoms with E-state index < -0.39 is 10.0 Å². The molecule has 7 heteroatoms. The van der Waals surface area contributed by atoms with Crippen LogP contribution in [0.4, 0.5) is 0 Å². The molecule has 1 saturated carbocycles. The summed E-state index contributed by atoms with van der Waals surface area (Å²) in [5, 5.41) is 15.7. The molecule has 21 heavy (non-hydrogen) atoms. The summed E-state index contributed by atoms with van der Waals surface area (Å²) in [4.78, 5) is 0. The number of aliphatic hydroxyl groups excluding tert-OH is 1. The lowest BCUT2D eigenvalue weighted by Gasteiger charge is -2.28. The predicted molar refractivity (Wildman–Crippen MR) is 80.1 cm³/mol. The minimum Gasteiger partial charge on any atom is -0.392 e. The average Bonchev–Trinajstić information content (AvgIpc) is 3.09. The zero-order chi connectivity index (χ0) is 15.5. The van der Waals surface area contributed by atoms with Gasteiger partial charge in [-0.2, -0.15) is 9.40 Å². The Hall–Kier alpha value is -0.920. The van der Waals surface area contributed by atoms with Crippen LogP contribution in [0.3, 0.4) is 0 Å². The lowest BCUT2D eigenvalue weighted by molar-refractivity contribution is 0.275. The van der Waals surface area contributed by atoms with Crippen LogP contribution in [-0.2, 0) is 16.6 Å². The molecule has 0 radical (unpaired) electrons. The maximum absolute atomic E-state index is 12.9. The van der Waals surface area contributed by atoms with Gasteiger partial charge in [0.15, 0.2) is 5.03 Å². The van der Waals surface area contributed by atoms with Crippen molar-refractivity contribution in [1.82, 2.24) is 14.5 Å². The van der Waals surface area contributed by atoms with Crippen molar-refractivity contribution in [2.75, 3.05) is 6.54 Å². The number of aromatic amines is 1. The minimum absolute atomic E-state index is 0.0423. The Morgan fingerprint density at radius 3 is 2.67 bits per heavy atom. The van der Waals surface area contributed by atoms with Gasteiger partial charge in [-0.15, -0.1) is 0 Å². The number of aromatic nitrogens is 2. The Balaban J connectivity index is 2.29. The van der Waals surface area contributed by atoms with Crippen LogP contribution >= 0.6 is 0 Å². The van der Waals surface area contributed by atoms with Gasteiger partial charge in [-0.05, 0) is 25.2 Å². The molecular formula is C14H25N3O3S. The molecular weight excluding hydrogens is 290 g/mol. The summed E-state index contributed by atoms with van der Waals surface area (Å²) in [6.45, 7) is 4.38. The number of hydrogen-bond acceptors (Lipinski definition) is 4. The summed E-state index contributed by atoms with van der Waals surface area (Å²) >= 11 is 0. The normalized spacial score (nSPS) is 17.2. The first kappa shape index (κ1) is 16.5. The molecule has 1 aliphatic rings. The van der Waals surface area contributed by atoms with Crippen LogP contribution in [0.5, 0.6) is 0 Å². The first-order chi connectivity index (χ1) is 9.96. The molecule has 1 aliphatic carbocycles. The van der Waals surface area contributed by atoms with Gasteiger partial charge in [0.1, 0.15) is 0 Å². The lowest BCUT2D eigenvalue weighted by atomic mass is 10.1. The highest BCUT2D eigenvalue weighted by atomic mass is 32.2. The largest absolute Gasteiger partial charge is 0.392 e. The second kappa shape index (κ2) is 6.89. The van der Waals surface area contributed by atoms with Crippen LogP contribution < -0.4 is 0 Å². The number of aliphatic hydroxyl groups is 1. The van der Waals surface area contributed by atoms with E-state index in [9.17, 15) is 13.5 Å². The summed E-state index contributed by atoms with van der Waals surface area (Å²) in [6.07, 6.45) is 6.20. The highest BCUT2D eigenvalue weighted by Crippen LogP contribution is 2.29. The van der Waals surface area contributed by atoms with Crippen LogP contribution in [0.25, 0.3) is 0 Å². The first-order valence-corrected chi connectivity index (χ1v) is 9.05. The standard InChI is InChI=1S/C14H25N3O3S/c1-11(2)7-8-17(13-5-3-4-6-13)21(19,20)14-12(10-18)9-15-16-14/h9,11,13,18H,3-8,10H2,1-2H3,(H,15,16). The van der Waals surface area contributed by atoms with Gasteiger partial charge in [-0.3, -0.25) is 5.10 Å². The number of nitrogens with zero attached hydrogens (tertiary/aromatic N) is 2. The van der Waals surface area contributed by atoms with E-state index in [0.717, 1.165) is 32.1 Å². The van der Waals surface area contributed by atoms with E-state index in [1.165, 1.54) is 6.20 Å². The second-order valence-corrected chi connectivity index (χ2v) is 7.95. The molecule has 0 unspecified atom stereocenters. The van der Waals surface area contributed by atoms with Gasteiger partial charge in [0.2, 0.25) is 0 Å². The van der Waals surface area contributed by atoms with Gasteiger partial charge < -0.3 is 5.11 Å². The van der Waals surface area contributed by atoms with Gasteiger partial charge in [0.05, 0.1) is 12.8 Å². The molecule has 0 bridgehead atoms. The molecule has 1 aromatic heterocycles. The fourth-order valence-electron chi connectivity index (χ4n) is 2.83. The molecule has 120 valence electrons. The number of rotatable bonds is 7. The molecule has 0 aliphatic heterocycles. The zero-order valence-electron chi connectivity index (χ0n) is 12.7. The summed E-state index contributed by atoms with van der Waals surface area (Å²) in [7, 11) is -3.62. The first-order valence-electron chi connectivity index (χ1n) is 7.61. The smallest absolute Gasteiger partial charge is 0.260 e. The van der Waals surface area contributed by atoms with Crippen LogP contribution in [0.1, 0.15) is 51.5 Å². The quantitative estimate of drug-likeness (QED) is 0.804. The molecule has 1 fully saturated rings. The van der Waals surface area contributed by atoms with Crippen molar-refractivity contribution in [2.45, 2.75) is 63.6 Å². The summed E-state index contributed by atoms with van der Waals surface area (Å²) in [5.74, 6) is 0.447. The topological polar surface area (TPSA) is 86.3 Å². The van der Waals surface area contributed by atoms with Crippen LogP contribution in [0, 0.1) is 5.92 Å². The number of H-pyrrole nitrogens is 1. The molecule has 1 heterocycles. The fourth-order valence-corrected chi connectivity index (χ4v) is 4.63. The third-order valence-corrected chi connectivity index (χ3v) is 6.04. The van der Waals surface area contributed by atoms with Gasteiger partial charge >= 0.3 is 0 Å². The average molecular weight is 315 g/mol. The van der Waals surface area contributed by atoms with E-state index in [4.69, 9.17) is 0 Å². The van der Waals surface area contributed by atoms with Crippen molar-refractivity contribution in [3.8, 4) is 0 Å². The molecule has 0 atom stereocenters. The third-order valence-electron chi connectivity index (χ3n) is 4.07. The Morgan fingerprint density at radius 1 is 1.43 bits per heavy atom. The summed E-state index contributed by atoms with van der Waals surface area (Å²) in [5.41, 5.74) is 0.336. The summed E-state index contributed by atoms with van der Waals surface area (Å²) < 4.78 is 27.5. The number of sulfonamides is 1. The van der Waals surface area contributed by atoms with Crippen molar-refractivity contribution in [3.05, 3.63) is 11.8 Å². The van der Waals surface area contributed by atoms with Gasteiger partial charge in [0.25, 0.3) is 10.0 Å². The zero-order valence-corrected chi connectivity index (χ0v) is 13.6. The number of nitrogens with one attached hydrogen (secondary N) is 1. The lowest BCUT2D eigenvalue weighted by Crippen LogP contribution is -2.40. The van der Waals surface area contributed by atoms with E-state index in [-0.39, 0.29) is 17.7 Å². The summed E-state index contributed by atoms with van der Waals surface area (Å²) in [6, 6.07) is 0.0728. The van der Waals surface area contributed by atoms with Crippen molar-refractivity contribution in [1.29, 1.82) is 0 Å². The van der Waals surface area contributed by atoms with Crippen molar-refractivity contribution in [3.63, 3.8) is 0 Å². The minimum atomic E-state index is -3.62. The van der Waals surface area contributed by atoms with Crippen LogP contribution in [0.15, 0.2) is 11.2 Å². The number of hydrogen-bond donors (Lipinski definition) is 2. The van der Waals surface area contributed by atoms with E-state index in [1.807, 2.05) is 0 Å². The van der Waals surface area contributed by atoms with Crippen molar-refractivity contribution < 1.29 is 13.5 Å². The molecule has 0 amide bonds. The molecule has 6 nitrogen and oxygen atoms in total. The van der Waals surface area contributed by atoms with E-state index in [0.29, 0.717) is 18.0 Å². The molecule has 0 spiro atoms. The Labute approximate surface area is 126 Å². The SMILES string of the molecule is CC(C)CCN(C1CCCC1)S(=O)(=O)c1[nH]ncc1CO. The fraction of sp³-hybridized carbons (Fsp3) is 0.786. The molecule has 1 aromatic rings. The molecule has 2 rings (SSSR count). The molecule has 0 aromatic carbocycles. The van der Waals surface area contributed by atoms with E-state index in [2.05, 4.69) is 24.0 Å². The monoisotopic (exact) mass is 315 g/mol. The molecule has 0 saturated heterocycles. The highest BCUT2D eigenvalue weighted by molar-refractivity contribution is 7.89.